The summed E-state index contributed by atoms with van der Waals surface area (Å²) in [5, 5.41) is 11.6. The van der Waals surface area contributed by atoms with Gasteiger partial charge in [-0.2, -0.15) is 0 Å². The van der Waals surface area contributed by atoms with Gasteiger partial charge in [0.1, 0.15) is 0 Å². The Hall–Kier alpha value is -1.80. The van der Waals surface area contributed by atoms with Crippen molar-refractivity contribution in [2.45, 2.75) is 0 Å². The number of rotatable bonds is 2. The van der Waals surface area contributed by atoms with E-state index in [9.17, 15) is 0 Å². The summed E-state index contributed by atoms with van der Waals surface area (Å²) in [5.41, 5.74) is 2.95. The van der Waals surface area contributed by atoms with Crippen LogP contribution in [0.1, 0.15) is 5.56 Å². The third kappa shape index (κ3) is 2.23. The first-order valence-corrected chi connectivity index (χ1v) is 5.22. The first-order chi connectivity index (χ1) is 7.81. The molecule has 0 aliphatic rings. The quantitative estimate of drug-likeness (QED) is 0.477. The summed E-state index contributed by atoms with van der Waals surface area (Å²) in [4.78, 5) is 0. The molecule has 0 bridgehead atoms. The number of oxime groups is 1. The molecular weight excluding hydrogens is 222 g/mol. The predicted molar refractivity (Wildman–Crippen MR) is 66.1 cm³/mol. The highest BCUT2D eigenvalue weighted by Gasteiger charge is 2.01. The van der Waals surface area contributed by atoms with Gasteiger partial charge < -0.3 is 5.21 Å². The number of nitrogens with zero attached hydrogens (tertiary/aromatic N) is 1. The summed E-state index contributed by atoms with van der Waals surface area (Å²) in [5.74, 6) is 0. The van der Waals surface area contributed by atoms with E-state index in [0.29, 0.717) is 5.56 Å². The minimum atomic E-state index is 0.0969. The first kappa shape index (κ1) is 10.7. The monoisotopic (exact) mass is 231 g/mol. The second-order valence-electron chi connectivity index (χ2n) is 3.33. The van der Waals surface area contributed by atoms with Crippen molar-refractivity contribution in [2.75, 3.05) is 0 Å². The molecule has 2 aromatic carbocycles. The molecule has 0 radical (unpaired) electrons. The lowest BCUT2D eigenvalue weighted by Gasteiger charge is -2.02. The molecule has 0 saturated carbocycles. The lowest BCUT2D eigenvalue weighted by molar-refractivity contribution is 0.321. The highest BCUT2D eigenvalue weighted by Crippen LogP contribution is 2.19. The zero-order valence-corrected chi connectivity index (χ0v) is 9.22. The molecule has 0 amide bonds. The van der Waals surface area contributed by atoms with E-state index in [1.54, 1.807) is 0 Å². The van der Waals surface area contributed by atoms with Crippen molar-refractivity contribution in [3.8, 4) is 11.1 Å². The Morgan fingerprint density at radius 1 is 0.875 bits per heavy atom. The standard InChI is InChI=1S/C13H10ClNO/c14-13(15-16)12-8-6-11(7-9-12)10-4-2-1-3-5-10/h1-9,16H. The summed E-state index contributed by atoms with van der Waals surface area (Å²) in [6.07, 6.45) is 0. The van der Waals surface area contributed by atoms with E-state index in [0.717, 1.165) is 11.1 Å². The Morgan fingerprint density at radius 3 is 2.00 bits per heavy atom. The van der Waals surface area contributed by atoms with Gasteiger partial charge in [-0.25, -0.2) is 0 Å². The van der Waals surface area contributed by atoms with Gasteiger partial charge in [-0.3, -0.25) is 0 Å². The van der Waals surface area contributed by atoms with Gasteiger partial charge in [0.25, 0.3) is 0 Å². The number of hydrogen-bond acceptors (Lipinski definition) is 2. The number of hydrogen-bond donors (Lipinski definition) is 1. The Morgan fingerprint density at radius 2 is 1.44 bits per heavy atom. The Labute approximate surface area is 98.8 Å². The van der Waals surface area contributed by atoms with Gasteiger partial charge in [-0.05, 0) is 11.1 Å². The summed E-state index contributed by atoms with van der Waals surface area (Å²) in [6, 6.07) is 17.6. The predicted octanol–water partition coefficient (Wildman–Crippen LogP) is 3.73. The summed E-state index contributed by atoms with van der Waals surface area (Å²) >= 11 is 5.69. The van der Waals surface area contributed by atoms with Crippen LogP contribution in [0.3, 0.4) is 0 Å². The van der Waals surface area contributed by atoms with E-state index in [-0.39, 0.29) is 5.17 Å². The van der Waals surface area contributed by atoms with Crippen LogP contribution in [0, 0.1) is 0 Å². The lowest BCUT2D eigenvalue weighted by atomic mass is 10.0. The van der Waals surface area contributed by atoms with E-state index in [1.165, 1.54) is 0 Å². The fraction of sp³-hybridized carbons (Fsp3) is 0. The third-order valence-corrected chi connectivity index (χ3v) is 2.61. The maximum atomic E-state index is 8.53. The van der Waals surface area contributed by atoms with Crippen LogP contribution >= 0.6 is 11.6 Å². The van der Waals surface area contributed by atoms with Gasteiger partial charge in [0.05, 0.1) is 0 Å². The van der Waals surface area contributed by atoms with Crippen molar-refractivity contribution in [3.63, 3.8) is 0 Å². The Kier molecular flexibility index (Phi) is 3.22. The van der Waals surface area contributed by atoms with Crippen molar-refractivity contribution in [1.82, 2.24) is 0 Å². The third-order valence-electron chi connectivity index (χ3n) is 2.32. The van der Waals surface area contributed by atoms with Crippen LogP contribution in [-0.2, 0) is 0 Å². The molecule has 80 valence electrons. The molecule has 0 aliphatic carbocycles. The van der Waals surface area contributed by atoms with E-state index >= 15 is 0 Å². The smallest absolute Gasteiger partial charge is 0.175 e. The number of halogens is 1. The van der Waals surface area contributed by atoms with Crippen molar-refractivity contribution in [3.05, 3.63) is 60.2 Å². The molecule has 0 unspecified atom stereocenters. The van der Waals surface area contributed by atoms with Gasteiger partial charge >= 0.3 is 0 Å². The summed E-state index contributed by atoms with van der Waals surface area (Å²) in [6.45, 7) is 0. The number of benzene rings is 2. The zero-order chi connectivity index (χ0) is 11.4. The van der Waals surface area contributed by atoms with Gasteiger partial charge in [-0.15, -0.1) is 0 Å². The van der Waals surface area contributed by atoms with Crippen LogP contribution < -0.4 is 0 Å². The lowest BCUT2D eigenvalue weighted by Crippen LogP contribution is -1.90. The second-order valence-corrected chi connectivity index (χ2v) is 3.69. The largest absolute Gasteiger partial charge is 0.410 e. The Balaban J connectivity index is 2.34. The van der Waals surface area contributed by atoms with E-state index < -0.39 is 0 Å². The SMILES string of the molecule is ON=C(Cl)c1ccc(-c2ccccc2)cc1. The molecule has 0 heterocycles. The summed E-state index contributed by atoms with van der Waals surface area (Å²) < 4.78 is 0. The van der Waals surface area contributed by atoms with Gasteiger partial charge in [0.15, 0.2) is 5.17 Å². The zero-order valence-electron chi connectivity index (χ0n) is 8.47. The maximum Gasteiger partial charge on any atom is 0.175 e. The van der Waals surface area contributed by atoms with Crippen LogP contribution in [0.25, 0.3) is 11.1 Å². The summed E-state index contributed by atoms with van der Waals surface area (Å²) in [7, 11) is 0. The fourth-order valence-electron chi connectivity index (χ4n) is 1.49. The highest BCUT2D eigenvalue weighted by molar-refractivity contribution is 6.69. The van der Waals surface area contributed by atoms with Crippen molar-refractivity contribution >= 4 is 16.8 Å². The molecule has 0 saturated heterocycles. The molecular formula is C13H10ClNO. The fourth-order valence-corrected chi connectivity index (χ4v) is 1.61. The van der Waals surface area contributed by atoms with Crippen LogP contribution in [0.5, 0.6) is 0 Å². The molecule has 0 aromatic heterocycles. The average molecular weight is 232 g/mol. The van der Waals surface area contributed by atoms with E-state index in [2.05, 4.69) is 5.16 Å². The molecule has 2 rings (SSSR count). The normalized spacial score (nSPS) is 11.4. The topological polar surface area (TPSA) is 32.6 Å². The first-order valence-electron chi connectivity index (χ1n) is 4.84. The van der Waals surface area contributed by atoms with Crippen molar-refractivity contribution in [2.24, 2.45) is 5.16 Å². The molecule has 0 spiro atoms. The van der Waals surface area contributed by atoms with E-state index in [4.69, 9.17) is 16.8 Å². The van der Waals surface area contributed by atoms with E-state index in [1.807, 2.05) is 54.6 Å². The van der Waals surface area contributed by atoms with Crippen LogP contribution in [0.15, 0.2) is 59.8 Å². The molecule has 16 heavy (non-hydrogen) atoms. The molecule has 0 atom stereocenters. The Bertz CT molecular complexity index is 491. The van der Waals surface area contributed by atoms with Crippen LogP contribution in [0.4, 0.5) is 0 Å². The highest BCUT2D eigenvalue weighted by atomic mass is 35.5. The molecule has 0 aliphatic heterocycles. The van der Waals surface area contributed by atoms with Crippen molar-refractivity contribution in [1.29, 1.82) is 0 Å². The molecule has 1 N–H and O–H groups in total. The maximum absolute atomic E-state index is 8.53. The van der Waals surface area contributed by atoms with Gasteiger partial charge in [0, 0.05) is 5.56 Å². The van der Waals surface area contributed by atoms with Gasteiger partial charge in [-0.1, -0.05) is 71.4 Å². The molecule has 2 aromatic rings. The van der Waals surface area contributed by atoms with Crippen molar-refractivity contribution < 1.29 is 5.21 Å². The average Bonchev–Trinajstić information content (AvgIpc) is 2.39. The minimum Gasteiger partial charge on any atom is -0.410 e. The second kappa shape index (κ2) is 4.81. The van der Waals surface area contributed by atoms with Gasteiger partial charge in [0.2, 0.25) is 0 Å². The molecule has 2 nitrogen and oxygen atoms in total. The van der Waals surface area contributed by atoms with Crippen LogP contribution in [0.2, 0.25) is 0 Å². The molecule has 0 fully saturated rings. The molecule has 3 heteroatoms. The minimum absolute atomic E-state index is 0.0969. The van der Waals surface area contributed by atoms with Crippen LogP contribution in [-0.4, -0.2) is 10.4 Å².